The minimum absolute atomic E-state index is 0. The molecule has 8 heteroatoms. The fraction of sp³-hybridized carbons (Fsp3) is 0.286. The third-order valence-corrected chi connectivity index (χ3v) is 9.36. The van der Waals surface area contributed by atoms with Gasteiger partial charge in [-0.3, -0.25) is 19.2 Å². The molecule has 0 unspecified atom stereocenters. The number of fused-ring (bicyclic) bond motifs is 5. The highest BCUT2D eigenvalue weighted by Gasteiger charge is 2.33. The van der Waals surface area contributed by atoms with Crippen LogP contribution in [-0.2, 0) is 16.1 Å². The Labute approximate surface area is 296 Å². The van der Waals surface area contributed by atoms with Gasteiger partial charge in [-0.05, 0) is 83.1 Å². The molecule has 2 N–H and O–H groups in total. The van der Waals surface area contributed by atoms with Gasteiger partial charge in [0, 0.05) is 70.5 Å². The summed E-state index contributed by atoms with van der Waals surface area (Å²) < 4.78 is 0. The first-order chi connectivity index (χ1) is 24.3. The number of carbonyl (C=O) groups is 4. The van der Waals surface area contributed by atoms with Crippen molar-refractivity contribution in [1.29, 1.82) is 0 Å². The van der Waals surface area contributed by atoms with Crippen molar-refractivity contribution >= 4 is 29.3 Å². The van der Waals surface area contributed by atoms with Gasteiger partial charge in [-0.2, -0.15) is 0 Å². The van der Waals surface area contributed by atoms with E-state index in [1.165, 1.54) is 6.92 Å². The number of amides is 4. The molecule has 0 saturated carbocycles. The molecule has 0 radical (unpaired) electrons. The Morgan fingerprint density at radius 1 is 0.780 bits per heavy atom. The van der Waals surface area contributed by atoms with Crippen LogP contribution < -0.4 is 15.5 Å². The van der Waals surface area contributed by atoms with E-state index in [0.717, 1.165) is 57.5 Å². The number of rotatable bonds is 11. The zero-order valence-corrected chi connectivity index (χ0v) is 28.8. The second-order valence-corrected chi connectivity index (χ2v) is 12.8. The number of anilines is 1. The molecule has 1 heterocycles. The van der Waals surface area contributed by atoms with Crippen LogP contribution in [0.15, 0.2) is 84.9 Å². The van der Waals surface area contributed by atoms with Crippen LogP contribution in [0, 0.1) is 11.8 Å². The van der Waals surface area contributed by atoms with E-state index < -0.39 is 0 Å². The van der Waals surface area contributed by atoms with Crippen LogP contribution in [0.5, 0.6) is 0 Å². The highest BCUT2D eigenvalue weighted by atomic mass is 16.2. The monoisotopic (exact) mass is 670 g/mol. The predicted molar refractivity (Wildman–Crippen MR) is 200 cm³/mol. The molecule has 0 saturated heterocycles. The van der Waals surface area contributed by atoms with E-state index in [0.29, 0.717) is 30.8 Å². The number of nitrogens with zero attached hydrogens (tertiary/aromatic N) is 2. The van der Waals surface area contributed by atoms with Crippen LogP contribution in [0.4, 0.5) is 5.69 Å². The molecule has 0 bridgehead atoms. The van der Waals surface area contributed by atoms with Crippen LogP contribution in [0.25, 0.3) is 11.1 Å². The fourth-order valence-corrected chi connectivity index (χ4v) is 6.69. The highest BCUT2D eigenvalue weighted by Crippen LogP contribution is 2.46. The van der Waals surface area contributed by atoms with E-state index >= 15 is 0 Å². The quantitative estimate of drug-likeness (QED) is 0.173. The van der Waals surface area contributed by atoms with Crippen molar-refractivity contribution in [1.82, 2.24) is 15.5 Å². The van der Waals surface area contributed by atoms with Gasteiger partial charge in [0.25, 0.3) is 11.8 Å². The van der Waals surface area contributed by atoms with Crippen molar-refractivity contribution in [3.05, 3.63) is 124 Å². The molecule has 0 aromatic heterocycles. The zero-order valence-electron chi connectivity index (χ0n) is 28.8. The van der Waals surface area contributed by atoms with E-state index in [1.807, 2.05) is 98.8 Å². The van der Waals surface area contributed by atoms with Gasteiger partial charge in [0.05, 0.1) is 12.2 Å². The molecule has 4 aromatic carbocycles. The van der Waals surface area contributed by atoms with Gasteiger partial charge >= 0.3 is 0 Å². The topological polar surface area (TPSA) is 98.8 Å². The molecule has 4 amide bonds. The number of benzene rings is 4. The normalized spacial score (nSPS) is 12.6. The van der Waals surface area contributed by atoms with Crippen LogP contribution >= 0.6 is 0 Å². The molecule has 0 atom stereocenters. The van der Waals surface area contributed by atoms with Gasteiger partial charge in [-0.25, -0.2) is 0 Å². The van der Waals surface area contributed by atoms with Gasteiger partial charge in [0.1, 0.15) is 0 Å². The van der Waals surface area contributed by atoms with E-state index in [4.69, 9.17) is 0 Å². The van der Waals surface area contributed by atoms with Gasteiger partial charge < -0.3 is 20.4 Å². The summed E-state index contributed by atoms with van der Waals surface area (Å²) in [6, 6.07) is 26.8. The maximum absolute atomic E-state index is 14.1. The lowest BCUT2D eigenvalue weighted by Gasteiger charge is -2.29. The molecular weight excluding hydrogens is 624 g/mol. The van der Waals surface area contributed by atoms with Crippen molar-refractivity contribution in [2.24, 2.45) is 0 Å². The third kappa shape index (κ3) is 7.18. The zero-order chi connectivity index (χ0) is 35.2. The lowest BCUT2D eigenvalue weighted by Crippen LogP contribution is -2.38. The number of para-hydroxylation sites is 1. The first-order valence-electron chi connectivity index (χ1n) is 17.4. The first kappa shape index (κ1) is 34.2. The summed E-state index contributed by atoms with van der Waals surface area (Å²) >= 11 is 0. The van der Waals surface area contributed by atoms with E-state index in [1.54, 1.807) is 9.80 Å². The minimum atomic E-state index is -0.304. The minimum Gasteiger partial charge on any atom is -0.352 e. The van der Waals surface area contributed by atoms with Crippen LogP contribution in [0.3, 0.4) is 0 Å². The van der Waals surface area contributed by atoms with E-state index in [2.05, 4.69) is 22.5 Å². The Kier molecular flexibility index (Phi) is 10.4. The molecule has 0 fully saturated rings. The second-order valence-electron chi connectivity index (χ2n) is 12.8. The summed E-state index contributed by atoms with van der Waals surface area (Å²) in [7, 11) is 0. The molecule has 0 spiro atoms. The molecular formula is C42H46N4O4. The Hall–Kier alpha value is -5.68. The van der Waals surface area contributed by atoms with Crippen molar-refractivity contribution in [3.8, 4) is 23.0 Å². The van der Waals surface area contributed by atoms with Gasteiger partial charge in [-0.1, -0.05) is 68.2 Å². The van der Waals surface area contributed by atoms with Crippen molar-refractivity contribution in [2.45, 2.75) is 52.5 Å². The van der Waals surface area contributed by atoms with Crippen molar-refractivity contribution < 1.29 is 22.0 Å². The summed E-state index contributed by atoms with van der Waals surface area (Å²) in [5.74, 6) is 5.60. The molecule has 4 aromatic rings. The Balaban J connectivity index is 0.00000302. The standard InChI is InChI=1S/C42H42N4O4.2H2/c1-4-21-43-41(49)31-16-18-34-35-19-17-32(42(50)44-22-5-2)25-37(35)38(36(34)24-31)27-45(28(3)47)23-20-40(48)46-26-33-12-7-6-10-29(33)14-15-30-11-8-9-13-39(30)46;;/h6-13,16-19,24-25,38H,4-5,20-23,26-27H2,1-3H3,(H,43,49)(H,44,50);2*1H. The van der Waals surface area contributed by atoms with Gasteiger partial charge in [0.15, 0.2) is 0 Å². The lowest BCUT2D eigenvalue weighted by molar-refractivity contribution is -0.129. The molecule has 1 aliphatic heterocycles. The average Bonchev–Trinajstić information content (AvgIpc) is 3.43. The maximum atomic E-state index is 14.1. The molecule has 2 aliphatic rings. The molecule has 6 rings (SSSR count). The van der Waals surface area contributed by atoms with E-state index in [9.17, 15) is 19.2 Å². The van der Waals surface area contributed by atoms with Crippen molar-refractivity contribution in [3.63, 3.8) is 0 Å². The van der Waals surface area contributed by atoms with Gasteiger partial charge in [-0.15, -0.1) is 0 Å². The molecule has 50 heavy (non-hydrogen) atoms. The summed E-state index contributed by atoms with van der Waals surface area (Å²) in [4.78, 5) is 56.8. The summed E-state index contributed by atoms with van der Waals surface area (Å²) in [6.07, 6.45) is 1.75. The fourth-order valence-electron chi connectivity index (χ4n) is 6.69. The Morgan fingerprint density at radius 3 is 1.94 bits per heavy atom. The average molecular weight is 671 g/mol. The first-order valence-corrected chi connectivity index (χ1v) is 17.4. The number of nitrogens with one attached hydrogen (secondary N) is 2. The Morgan fingerprint density at radius 2 is 1.34 bits per heavy atom. The van der Waals surface area contributed by atoms with Gasteiger partial charge in [0.2, 0.25) is 11.8 Å². The number of hydrogen-bond acceptors (Lipinski definition) is 4. The van der Waals surface area contributed by atoms with Crippen molar-refractivity contribution in [2.75, 3.05) is 31.1 Å². The summed E-state index contributed by atoms with van der Waals surface area (Å²) in [5.41, 5.74) is 8.21. The van der Waals surface area contributed by atoms with Crippen LogP contribution in [-0.4, -0.2) is 54.7 Å². The SMILES string of the molecule is CCCNC(=O)c1ccc2c(c1)C(CN(CCC(=O)N1Cc3ccccc3C#Cc3ccccc31)C(C)=O)c1cc(C(=O)NCCC)ccc1-2.[HH].[HH]. The predicted octanol–water partition coefficient (Wildman–Crippen LogP) is 6.76. The largest absolute Gasteiger partial charge is 0.352 e. The molecule has 258 valence electrons. The van der Waals surface area contributed by atoms with Crippen LogP contribution in [0.2, 0.25) is 0 Å². The molecule has 8 nitrogen and oxygen atoms in total. The smallest absolute Gasteiger partial charge is 0.251 e. The second kappa shape index (κ2) is 15.3. The summed E-state index contributed by atoms with van der Waals surface area (Å²) in [5, 5.41) is 5.91. The lowest BCUT2D eigenvalue weighted by atomic mass is 9.93. The number of hydrogen-bond donors (Lipinski definition) is 2. The Bertz CT molecular complexity index is 1970. The number of carbonyl (C=O) groups excluding carboxylic acids is 4. The highest BCUT2D eigenvalue weighted by molar-refractivity contribution is 5.98. The van der Waals surface area contributed by atoms with Crippen LogP contribution in [0.1, 0.15) is 97.3 Å². The molecule has 1 aliphatic carbocycles. The maximum Gasteiger partial charge on any atom is 0.251 e. The summed E-state index contributed by atoms with van der Waals surface area (Å²) in [6.45, 7) is 7.53. The van der Waals surface area contributed by atoms with E-state index in [-0.39, 0.29) is 51.9 Å². The third-order valence-electron chi connectivity index (χ3n) is 9.36.